The third kappa shape index (κ3) is 3.99. The second-order valence-corrected chi connectivity index (χ2v) is 9.02. The molecule has 0 spiro atoms. The zero-order valence-electron chi connectivity index (χ0n) is 17.4. The van der Waals surface area contributed by atoms with Gasteiger partial charge in [0.1, 0.15) is 0 Å². The van der Waals surface area contributed by atoms with Gasteiger partial charge in [0.2, 0.25) is 17.7 Å². The van der Waals surface area contributed by atoms with Crippen LogP contribution in [0.2, 0.25) is 0 Å². The van der Waals surface area contributed by atoms with Crippen LogP contribution in [0.4, 0.5) is 5.69 Å². The molecule has 2 saturated heterocycles. The maximum Gasteiger partial charge on any atom is 0.228 e. The van der Waals surface area contributed by atoms with Crippen molar-refractivity contribution in [1.29, 1.82) is 0 Å². The molecule has 0 unspecified atom stereocenters. The van der Waals surface area contributed by atoms with Crippen molar-refractivity contribution in [1.82, 2.24) is 9.80 Å². The number of rotatable bonds is 3. The van der Waals surface area contributed by atoms with E-state index in [1.54, 1.807) is 23.2 Å². The summed E-state index contributed by atoms with van der Waals surface area (Å²) in [5.41, 5.74) is 1.97. The lowest BCUT2D eigenvalue weighted by Crippen LogP contribution is -2.54. The quantitative estimate of drug-likeness (QED) is 0.759. The van der Waals surface area contributed by atoms with E-state index in [9.17, 15) is 14.4 Å². The maximum absolute atomic E-state index is 13.6. The van der Waals surface area contributed by atoms with E-state index in [-0.39, 0.29) is 29.7 Å². The maximum atomic E-state index is 13.6. The van der Waals surface area contributed by atoms with Crippen LogP contribution in [0.5, 0.6) is 0 Å². The van der Waals surface area contributed by atoms with Crippen molar-refractivity contribution in [3.05, 3.63) is 52.2 Å². The van der Waals surface area contributed by atoms with Crippen molar-refractivity contribution in [2.75, 3.05) is 31.1 Å². The second kappa shape index (κ2) is 8.60. The molecular formula is C23H27N3O3S. The third-order valence-corrected chi connectivity index (χ3v) is 7.04. The van der Waals surface area contributed by atoms with E-state index >= 15 is 0 Å². The average molecular weight is 426 g/mol. The van der Waals surface area contributed by atoms with Crippen LogP contribution in [0.3, 0.4) is 0 Å². The molecule has 1 aromatic carbocycles. The lowest BCUT2D eigenvalue weighted by Gasteiger charge is -2.43. The molecule has 0 N–H and O–H groups in total. The van der Waals surface area contributed by atoms with E-state index in [0.717, 1.165) is 16.1 Å². The number of hydrogen-bond acceptors (Lipinski definition) is 4. The molecule has 2 atom stereocenters. The number of carbonyl (C=O) groups is 3. The Labute approximate surface area is 181 Å². The minimum atomic E-state index is -0.299. The summed E-state index contributed by atoms with van der Waals surface area (Å²) in [6.07, 6.45) is 0.912. The molecule has 1 aromatic heterocycles. The molecule has 3 amide bonds. The Kier molecular flexibility index (Phi) is 5.90. The number of thiophene rings is 1. The molecule has 2 aliphatic heterocycles. The molecule has 0 radical (unpaired) electrons. The molecular weight excluding hydrogens is 398 g/mol. The highest BCUT2D eigenvalue weighted by molar-refractivity contribution is 7.10. The lowest BCUT2D eigenvalue weighted by atomic mass is 9.85. The van der Waals surface area contributed by atoms with Crippen LogP contribution in [0.1, 0.15) is 36.2 Å². The van der Waals surface area contributed by atoms with Crippen LogP contribution in [0.25, 0.3) is 0 Å². The number of aryl methyl sites for hydroxylation is 1. The lowest BCUT2D eigenvalue weighted by molar-refractivity contribution is -0.143. The third-order valence-electron chi connectivity index (χ3n) is 6.10. The summed E-state index contributed by atoms with van der Waals surface area (Å²) >= 11 is 1.59. The first-order valence-electron chi connectivity index (χ1n) is 10.4. The van der Waals surface area contributed by atoms with E-state index in [4.69, 9.17) is 0 Å². The molecule has 2 aliphatic rings. The second-order valence-electron chi connectivity index (χ2n) is 8.04. The molecule has 0 aliphatic carbocycles. The van der Waals surface area contributed by atoms with E-state index in [1.807, 2.05) is 58.5 Å². The van der Waals surface area contributed by atoms with Gasteiger partial charge < -0.3 is 14.7 Å². The number of amides is 3. The van der Waals surface area contributed by atoms with Gasteiger partial charge in [-0.1, -0.05) is 23.8 Å². The van der Waals surface area contributed by atoms with Crippen LogP contribution >= 0.6 is 11.3 Å². The summed E-state index contributed by atoms with van der Waals surface area (Å²) in [6.45, 7) is 5.81. The van der Waals surface area contributed by atoms with Crippen LogP contribution in [0.15, 0.2) is 41.8 Å². The first-order chi connectivity index (χ1) is 14.5. The molecule has 6 nitrogen and oxygen atoms in total. The number of carbonyl (C=O) groups excluding carboxylic acids is 3. The Balaban J connectivity index is 1.63. The van der Waals surface area contributed by atoms with E-state index < -0.39 is 0 Å². The van der Waals surface area contributed by atoms with Gasteiger partial charge in [-0.25, -0.2) is 0 Å². The SMILES string of the molecule is CC(=O)N1CCN(C(=O)[C@@H]2CCC(=O)N(c3ccc(C)cc3)[C@@H]2c2cccs2)CC1. The predicted octanol–water partition coefficient (Wildman–Crippen LogP) is 3.23. The molecule has 3 heterocycles. The standard InChI is InChI=1S/C23H27N3O3S/c1-16-5-7-18(8-6-16)26-21(28)10-9-19(22(26)20-4-3-15-30-20)23(29)25-13-11-24(12-14-25)17(2)27/h3-8,15,19,22H,9-14H2,1-2H3/t19-,22+/m1/s1. The predicted molar refractivity (Wildman–Crippen MR) is 117 cm³/mol. The van der Waals surface area contributed by atoms with Crippen molar-refractivity contribution in [3.8, 4) is 0 Å². The van der Waals surface area contributed by atoms with E-state index in [2.05, 4.69) is 0 Å². The Morgan fingerprint density at radius 3 is 2.27 bits per heavy atom. The molecule has 0 bridgehead atoms. The van der Waals surface area contributed by atoms with Crippen molar-refractivity contribution in [2.24, 2.45) is 5.92 Å². The Morgan fingerprint density at radius 1 is 1.00 bits per heavy atom. The van der Waals surface area contributed by atoms with Gasteiger partial charge in [0, 0.05) is 50.1 Å². The number of piperidine rings is 1. The van der Waals surface area contributed by atoms with Crippen molar-refractivity contribution >= 4 is 34.7 Å². The largest absolute Gasteiger partial charge is 0.339 e. The monoisotopic (exact) mass is 425 g/mol. The van der Waals surface area contributed by atoms with Gasteiger partial charge in [-0.15, -0.1) is 11.3 Å². The van der Waals surface area contributed by atoms with Crippen LogP contribution in [0, 0.1) is 12.8 Å². The van der Waals surface area contributed by atoms with Crippen molar-refractivity contribution in [2.45, 2.75) is 32.7 Å². The highest BCUT2D eigenvalue weighted by Crippen LogP contribution is 2.42. The first-order valence-corrected chi connectivity index (χ1v) is 11.3. The molecule has 30 heavy (non-hydrogen) atoms. The fourth-order valence-electron chi connectivity index (χ4n) is 4.42. The Morgan fingerprint density at radius 2 is 1.67 bits per heavy atom. The summed E-state index contributed by atoms with van der Waals surface area (Å²) in [6, 6.07) is 11.6. The Bertz CT molecular complexity index is 918. The Hall–Kier alpha value is -2.67. The normalized spacial score (nSPS) is 22.3. The van der Waals surface area contributed by atoms with Gasteiger partial charge in [-0.05, 0) is 36.9 Å². The number of hydrogen-bond donors (Lipinski definition) is 0. The van der Waals surface area contributed by atoms with Crippen LogP contribution < -0.4 is 4.90 Å². The van der Waals surface area contributed by atoms with Gasteiger partial charge in [0.15, 0.2) is 0 Å². The zero-order valence-corrected chi connectivity index (χ0v) is 18.2. The number of piperazine rings is 1. The fourth-order valence-corrected chi connectivity index (χ4v) is 5.30. The molecule has 4 rings (SSSR count). The number of nitrogens with zero attached hydrogens (tertiary/aromatic N) is 3. The zero-order chi connectivity index (χ0) is 21.3. The molecule has 0 saturated carbocycles. The highest BCUT2D eigenvalue weighted by Gasteiger charge is 2.43. The molecule has 7 heteroatoms. The molecule has 2 fully saturated rings. The number of benzene rings is 1. The smallest absolute Gasteiger partial charge is 0.228 e. The van der Waals surface area contributed by atoms with Crippen molar-refractivity contribution in [3.63, 3.8) is 0 Å². The fraction of sp³-hybridized carbons (Fsp3) is 0.435. The summed E-state index contributed by atoms with van der Waals surface area (Å²) in [7, 11) is 0. The first kappa shape index (κ1) is 20.6. The minimum Gasteiger partial charge on any atom is -0.339 e. The van der Waals surface area contributed by atoms with E-state index in [1.165, 1.54) is 0 Å². The summed E-state index contributed by atoms with van der Waals surface area (Å²) in [5, 5.41) is 1.99. The topological polar surface area (TPSA) is 60.9 Å². The van der Waals surface area contributed by atoms with Gasteiger partial charge >= 0.3 is 0 Å². The summed E-state index contributed by atoms with van der Waals surface area (Å²) in [4.78, 5) is 44.7. The summed E-state index contributed by atoms with van der Waals surface area (Å²) < 4.78 is 0. The van der Waals surface area contributed by atoms with Gasteiger partial charge in [-0.2, -0.15) is 0 Å². The van der Waals surface area contributed by atoms with E-state index in [0.29, 0.717) is 39.0 Å². The van der Waals surface area contributed by atoms with Gasteiger partial charge in [0.05, 0.1) is 12.0 Å². The number of anilines is 1. The van der Waals surface area contributed by atoms with Crippen LogP contribution in [-0.2, 0) is 14.4 Å². The highest BCUT2D eigenvalue weighted by atomic mass is 32.1. The summed E-state index contributed by atoms with van der Waals surface area (Å²) in [5.74, 6) is -0.0946. The van der Waals surface area contributed by atoms with Crippen molar-refractivity contribution < 1.29 is 14.4 Å². The minimum absolute atomic E-state index is 0.0485. The average Bonchev–Trinajstić information content (AvgIpc) is 3.28. The van der Waals surface area contributed by atoms with Gasteiger partial charge in [0.25, 0.3) is 0 Å². The van der Waals surface area contributed by atoms with Gasteiger partial charge in [-0.3, -0.25) is 14.4 Å². The molecule has 158 valence electrons. The molecule has 2 aromatic rings. The van der Waals surface area contributed by atoms with Crippen LogP contribution in [-0.4, -0.2) is 53.7 Å².